The average Bonchev–Trinajstić information content (AvgIpc) is 1.86. The lowest BCUT2D eigenvalue weighted by molar-refractivity contribution is -0.148. The molecule has 0 spiro atoms. The quantitative estimate of drug-likeness (QED) is 0.512. The van der Waals surface area contributed by atoms with Crippen LogP contribution in [0.2, 0.25) is 0 Å². The number of esters is 1. The monoisotopic (exact) mass is 178 g/mol. The Bertz CT molecular complexity index is 149. The van der Waals surface area contributed by atoms with Crippen molar-refractivity contribution in [3.05, 3.63) is 0 Å². The smallest absolute Gasteiger partial charge is 0.419 e. The number of ether oxygens (including phenoxy) is 1. The molecule has 5 heteroatoms. The van der Waals surface area contributed by atoms with Gasteiger partial charge in [0.05, 0.1) is 6.10 Å². The summed E-state index contributed by atoms with van der Waals surface area (Å²) in [5.74, 6) is -0.372. The highest BCUT2D eigenvalue weighted by atomic mass is 31.1. The number of carbonyl (C=O) groups excluding carboxylic acids is 1. The zero-order chi connectivity index (χ0) is 8.85. The van der Waals surface area contributed by atoms with Crippen LogP contribution >= 0.6 is 8.61 Å². The van der Waals surface area contributed by atoms with E-state index in [9.17, 15) is 9.36 Å². The van der Waals surface area contributed by atoms with Gasteiger partial charge in [0.1, 0.15) is 6.04 Å². The van der Waals surface area contributed by atoms with Gasteiger partial charge in [-0.2, -0.15) is 0 Å². The molecular weight excluding hydrogens is 165 g/mol. The summed E-state index contributed by atoms with van der Waals surface area (Å²) in [5.41, 5.74) is 0. The average molecular weight is 178 g/mol. The van der Waals surface area contributed by atoms with Crippen LogP contribution in [0.15, 0.2) is 0 Å². The summed E-state index contributed by atoms with van der Waals surface area (Å²) in [7, 11) is -0.673. The van der Waals surface area contributed by atoms with Crippen LogP contribution in [0.4, 0.5) is 0 Å². The third-order valence-corrected chi connectivity index (χ3v) is 1.53. The lowest BCUT2D eigenvalue weighted by atomic mass is 10.4. The van der Waals surface area contributed by atoms with E-state index in [1.807, 2.05) is 0 Å². The molecule has 0 aliphatic carbocycles. The van der Waals surface area contributed by atoms with Gasteiger partial charge in [0.2, 0.25) is 0 Å². The molecule has 0 saturated heterocycles. The van der Waals surface area contributed by atoms with Crippen LogP contribution < -0.4 is 5.09 Å². The standard InChI is InChI=1S/C6H12NO3P/c1-4(2)10-6(8)5(3)7-11-9/h4-5H,1-3H3,(H,7,9)/p+1/t5-/m0/s1. The van der Waals surface area contributed by atoms with Gasteiger partial charge in [0.25, 0.3) is 0 Å². The Hall–Kier alpha value is -0.470. The molecule has 1 unspecified atom stereocenters. The van der Waals surface area contributed by atoms with Gasteiger partial charge in [-0.05, 0) is 20.8 Å². The molecule has 2 atom stereocenters. The van der Waals surface area contributed by atoms with Crippen molar-refractivity contribution in [3.8, 4) is 0 Å². The van der Waals surface area contributed by atoms with Gasteiger partial charge in [-0.1, -0.05) is 9.65 Å². The second kappa shape index (κ2) is 5.22. The topological polar surface area (TPSA) is 55.4 Å². The number of carbonyl (C=O) groups is 1. The van der Waals surface area contributed by atoms with Crippen molar-refractivity contribution in [2.45, 2.75) is 32.9 Å². The van der Waals surface area contributed by atoms with Gasteiger partial charge in [-0.3, -0.25) is 4.79 Å². The minimum atomic E-state index is -0.673. The van der Waals surface area contributed by atoms with Crippen LogP contribution in [0, 0.1) is 0 Å². The van der Waals surface area contributed by atoms with Crippen molar-refractivity contribution >= 4 is 14.6 Å². The van der Waals surface area contributed by atoms with Crippen LogP contribution in [0.1, 0.15) is 20.8 Å². The van der Waals surface area contributed by atoms with E-state index in [0.717, 1.165) is 0 Å². The summed E-state index contributed by atoms with van der Waals surface area (Å²) >= 11 is 0. The minimum Gasteiger partial charge on any atom is -0.462 e. The molecule has 0 rings (SSSR count). The molecular formula is C6H13NO3P+. The first-order chi connectivity index (χ1) is 5.07. The Morgan fingerprint density at radius 2 is 2.00 bits per heavy atom. The number of hydrogen-bond donors (Lipinski definition) is 1. The fraction of sp³-hybridized carbons (Fsp3) is 0.833. The molecule has 0 heterocycles. The largest absolute Gasteiger partial charge is 0.462 e. The Morgan fingerprint density at radius 1 is 1.45 bits per heavy atom. The SMILES string of the molecule is CC(C)OC(=O)[C@H](C)N[PH+]=O. The molecule has 0 saturated carbocycles. The Morgan fingerprint density at radius 3 is 2.36 bits per heavy atom. The van der Waals surface area contributed by atoms with Crippen LogP contribution in [-0.4, -0.2) is 18.1 Å². The summed E-state index contributed by atoms with van der Waals surface area (Å²) in [6, 6.07) is -0.492. The summed E-state index contributed by atoms with van der Waals surface area (Å²) in [5, 5.41) is 2.45. The molecule has 0 aromatic heterocycles. The van der Waals surface area contributed by atoms with Crippen molar-refractivity contribution in [1.29, 1.82) is 0 Å². The highest BCUT2D eigenvalue weighted by Gasteiger charge is 2.17. The van der Waals surface area contributed by atoms with E-state index in [-0.39, 0.29) is 12.1 Å². The van der Waals surface area contributed by atoms with E-state index in [1.54, 1.807) is 20.8 Å². The van der Waals surface area contributed by atoms with Gasteiger partial charge >= 0.3 is 14.6 Å². The van der Waals surface area contributed by atoms with E-state index < -0.39 is 14.7 Å². The zero-order valence-corrected chi connectivity index (χ0v) is 7.88. The van der Waals surface area contributed by atoms with Crippen LogP contribution in [-0.2, 0) is 14.1 Å². The van der Waals surface area contributed by atoms with E-state index in [0.29, 0.717) is 0 Å². The molecule has 0 fully saturated rings. The highest BCUT2D eigenvalue weighted by molar-refractivity contribution is 7.21. The first kappa shape index (κ1) is 10.5. The Balaban J connectivity index is 3.72. The first-order valence-corrected chi connectivity index (χ1v) is 4.32. The molecule has 0 aromatic rings. The second-order valence-corrected chi connectivity index (χ2v) is 2.95. The minimum absolute atomic E-state index is 0.123. The summed E-state index contributed by atoms with van der Waals surface area (Å²) in [4.78, 5) is 10.9. The van der Waals surface area contributed by atoms with E-state index >= 15 is 0 Å². The molecule has 4 nitrogen and oxygen atoms in total. The van der Waals surface area contributed by atoms with Gasteiger partial charge < -0.3 is 4.74 Å². The molecule has 0 radical (unpaired) electrons. The van der Waals surface area contributed by atoms with Crippen molar-refractivity contribution < 1.29 is 14.1 Å². The van der Waals surface area contributed by atoms with Gasteiger partial charge in [-0.25, -0.2) is 0 Å². The predicted molar refractivity (Wildman–Crippen MR) is 42.8 cm³/mol. The van der Waals surface area contributed by atoms with Gasteiger partial charge in [0, 0.05) is 0 Å². The summed E-state index contributed by atoms with van der Waals surface area (Å²) < 4.78 is 14.9. The molecule has 11 heavy (non-hydrogen) atoms. The molecule has 0 aliphatic heterocycles. The van der Waals surface area contributed by atoms with E-state index in [4.69, 9.17) is 4.74 Å². The molecule has 0 aromatic carbocycles. The van der Waals surface area contributed by atoms with Crippen molar-refractivity contribution in [2.24, 2.45) is 0 Å². The maximum atomic E-state index is 10.9. The van der Waals surface area contributed by atoms with Crippen molar-refractivity contribution in [3.63, 3.8) is 0 Å². The first-order valence-electron chi connectivity index (χ1n) is 3.41. The van der Waals surface area contributed by atoms with Crippen molar-refractivity contribution in [1.82, 2.24) is 5.09 Å². The van der Waals surface area contributed by atoms with Gasteiger partial charge in [0.15, 0.2) is 0 Å². The lowest BCUT2D eigenvalue weighted by Gasteiger charge is -2.09. The van der Waals surface area contributed by atoms with E-state index in [2.05, 4.69) is 5.09 Å². The van der Waals surface area contributed by atoms with Crippen molar-refractivity contribution in [2.75, 3.05) is 0 Å². The van der Waals surface area contributed by atoms with Crippen LogP contribution in [0.25, 0.3) is 0 Å². The molecule has 0 bridgehead atoms. The molecule has 64 valence electrons. The number of rotatable bonds is 4. The fourth-order valence-corrected chi connectivity index (χ4v) is 0.776. The third kappa shape index (κ3) is 4.87. The maximum absolute atomic E-state index is 10.9. The van der Waals surface area contributed by atoms with Crippen LogP contribution in [0.3, 0.4) is 0 Å². The zero-order valence-electron chi connectivity index (χ0n) is 6.88. The normalized spacial score (nSPS) is 13.5. The van der Waals surface area contributed by atoms with Crippen LogP contribution in [0.5, 0.6) is 0 Å². The number of hydrogen-bond acceptors (Lipinski definition) is 3. The molecule has 0 aliphatic rings. The Labute approximate surface area is 67.6 Å². The summed E-state index contributed by atoms with van der Waals surface area (Å²) in [6.45, 7) is 5.14. The lowest BCUT2D eigenvalue weighted by Crippen LogP contribution is -2.31. The Kier molecular flexibility index (Phi) is 4.99. The number of nitrogens with one attached hydrogen (secondary N) is 1. The maximum Gasteiger partial charge on any atom is 0.419 e. The second-order valence-electron chi connectivity index (χ2n) is 2.45. The molecule has 1 N–H and O–H groups in total. The fourth-order valence-electron chi connectivity index (χ4n) is 0.482. The predicted octanol–water partition coefficient (Wildman–Crippen LogP) is 0.855. The van der Waals surface area contributed by atoms with E-state index in [1.165, 1.54) is 0 Å². The summed E-state index contributed by atoms with van der Waals surface area (Å²) in [6.07, 6.45) is -0.123. The third-order valence-electron chi connectivity index (χ3n) is 0.981. The van der Waals surface area contributed by atoms with Gasteiger partial charge in [-0.15, -0.1) is 0 Å². The highest BCUT2D eigenvalue weighted by Crippen LogP contribution is 1.96. The molecule has 0 amide bonds.